The zero-order valence-electron chi connectivity index (χ0n) is 17.8. The molecular formula is C24H31N3O2. The number of benzene rings is 2. The number of carbonyl (C=O) groups excluding carboxylic acids is 2. The van der Waals surface area contributed by atoms with Crippen LogP contribution in [0.1, 0.15) is 39.2 Å². The molecule has 0 aromatic heterocycles. The van der Waals surface area contributed by atoms with Crippen molar-refractivity contribution in [3.63, 3.8) is 0 Å². The van der Waals surface area contributed by atoms with E-state index in [0.717, 1.165) is 30.3 Å². The highest BCUT2D eigenvalue weighted by atomic mass is 16.2. The second kappa shape index (κ2) is 8.68. The summed E-state index contributed by atoms with van der Waals surface area (Å²) in [5, 5.41) is 5.75. The molecule has 0 bridgehead atoms. The summed E-state index contributed by atoms with van der Waals surface area (Å²) >= 11 is 0. The maximum Gasteiger partial charge on any atom is 0.239 e. The smallest absolute Gasteiger partial charge is 0.239 e. The number of amides is 2. The number of nitrogens with zero attached hydrogens (tertiary/aromatic N) is 1. The molecule has 1 aliphatic rings. The zero-order chi connectivity index (χ0) is 21.0. The van der Waals surface area contributed by atoms with Crippen LogP contribution < -0.4 is 15.5 Å². The SMILES string of the molecule is Cc1ccccc1NC(=O)C(C)(C)C(=O)Nc1ccc(N2CCC(C)CC2)cc1. The second-order valence-electron chi connectivity index (χ2n) is 8.56. The van der Waals surface area contributed by atoms with Crippen LogP contribution in [0.25, 0.3) is 0 Å². The summed E-state index contributed by atoms with van der Waals surface area (Å²) in [4.78, 5) is 27.9. The fourth-order valence-corrected chi connectivity index (χ4v) is 3.40. The average Bonchev–Trinajstić information content (AvgIpc) is 2.71. The summed E-state index contributed by atoms with van der Waals surface area (Å²) in [6.07, 6.45) is 2.42. The number of nitrogens with one attached hydrogen (secondary N) is 2. The number of hydrogen-bond acceptors (Lipinski definition) is 3. The van der Waals surface area contributed by atoms with E-state index in [4.69, 9.17) is 0 Å². The molecule has 2 amide bonds. The number of rotatable bonds is 5. The van der Waals surface area contributed by atoms with Crippen molar-refractivity contribution in [2.75, 3.05) is 28.6 Å². The molecule has 1 heterocycles. The standard InChI is InChI=1S/C24H31N3O2/c1-17-13-15-27(16-14-17)20-11-9-19(10-12-20)25-22(28)24(3,4)23(29)26-21-8-6-5-7-18(21)2/h5-12,17H,13-16H2,1-4H3,(H,25,28)(H,26,29). The van der Waals surface area contributed by atoms with Crippen molar-refractivity contribution < 1.29 is 9.59 Å². The molecule has 3 rings (SSSR count). The van der Waals surface area contributed by atoms with E-state index < -0.39 is 5.41 Å². The number of aryl methyl sites for hydroxylation is 1. The highest BCUT2D eigenvalue weighted by Crippen LogP contribution is 2.26. The van der Waals surface area contributed by atoms with E-state index in [1.807, 2.05) is 55.5 Å². The van der Waals surface area contributed by atoms with Gasteiger partial charge in [0.1, 0.15) is 5.41 Å². The fourth-order valence-electron chi connectivity index (χ4n) is 3.40. The summed E-state index contributed by atoms with van der Waals surface area (Å²) in [6, 6.07) is 15.4. The first-order valence-electron chi connectivity index (χ1n) is 10.3. The summed E-state index contributed by atoms with van der Waals surface area (Å²) < 4.78 is 0. The molecule has 0 saturated carbocycles. The number of para-hydroxylation sites is 1. The topological polar surface area (TPSA) is 61.4 Å². The number of piperidine rings is 1. The Morgan fingerprint density at radius 1 is 0.931 bits per heavy atom. The van der Waals surface area contributed by atoms with Gasteiger partial charge in [0, 0.05) is 30.2 Å². The van der Waals surface area contributed by atoms with Gasteiger partial charge < -0.3 is 15.5 Å². The second-order valence-corrected chi connectivity index (χ2v) is 8.56. The van der Waals surface area contributed by atoms with E-state index in [-0.39, 0.29) is 11.8 Å². The van der Waals surface area contributed by atoms with Crippen LogP contribution in [0.3, 0.4) is 0 Å². The van der Waals surface area contributed by atoms with Gasteiger partial charge in [-0.15, -0.1) is 0 Å². The van der Waals surface area contributed by atoms with Gasteiger partial charge in [-0.3, -0.25) is 9.59 Å². The van der Waals surface area contributed by atoms with Crippen molar-refractivity contribution >= 4 is 28.9 Å². The molecule has 29 heavy (non-hydrogen) atoms. The van der Waals surface area contributed by atoms with Crippen LogP contribution in [0.2, 0.25) is 0 Å². The summed E-state index contributed by atoms with van der Waals surface area (Å²) in [7, 11) is 0. The largest absolute Gasteiger partial charge is 0.372 e. The molecule has 1 saturated heterocycles. The van der Waals surface area contributed by atoms with E-state index in [9.17, 15) is 9.59 Å². The molecule has 1 fully saturated rings. The third-order valence-electron chi connectivity index (χ3n) is 5.80. The maximum atomic E-state index is 12.8. The Kier molecular flexibility index (Phi) is 6.26. The summed E-state index contributed by atoms with van der Waals surface area (Å²) in [5.74, 6) is 0.129. The predicted octanol–water partition coefficient (Wildman–Crippen LogP) is 4.83. The van der Waals surface area contributed by atoms with Crippen molar-refractivity contribution in [2.24, 2.45) is 11.3 Å². The zero-order valence-corrected chi connectivity index (χ0v) is 17.8. The van der Waals surface area contributed by atoms with Crippen molar-refractivity contribution in [1.82, 2.24) is 0 Å². The van der Waals surface area contributed by atoms with E-state index in [1.54, 1.807) is 13.8 Å². The molecule has 5 nitrogen and oxygen atoms in total. The molecule has 0 atom stereocenters. The lowest BCUT2D eigenvalue weighted by Crippen LogP contribution is -2.41. The van der Waals surface area contributed by atoms with Crippen LogP contribution >= 0.6 is 0 Å². The molecule has 154 valence electrons. The Bertz CT molecular complexity index is 866. The van der Waals surface area contributed by atoms with E-state index in [0.29, 0.717) is 5.69 Å². The summed E-state index contributed by atoms with van der Waals surface area (Å²) in [6.45, 7) is 9.64. The van der Waals surface area contributed by atoms with E-state index in [1.165, 1.54) is 18.5 Å². The maximum absolute atomic E-state index is 12.8. The summed E-state index contributed by atoms with van der Waals surface area (Å²) in [5.41, 5.74) is 2.34. The van der Waals surface area contributed by atoms with Gasteiger partial charge in [0.15, 0.2) is 0 Å². The lowest BCUT2D eigenvalue weighted by Gasteiger charge is -2.32. The first-order valence-corrected chi connectivity index (χ1v) is 10.3. The van der Waals surface area contributed by atoms with Crippen LogP contribution in [-0.2, 0) is 9.59 Å². The van der Waals surface area contributed by atoms with Crippen LogP contribution in [-0.4, -0.2) is 24.9 Å². The molecule has 0 radical (unpaired) electrons. The van der Waals surface area contributed by atoms with Crippen molar-refractivity contribution in [2.45, 2.75) is 40.5 Å². The van der Waals surface area contributed by atoms with Crippen molar-refractivity contribution in [3.8, 4) is 0 Å². The van der Waals surface area contributed by atoms with Gasteiger partial charge in [-0.25, -0.2) is 0 Å². The molecule has 5 heteroatoms. The van der Waals surface area contributed by atoms with Crippen LogP contribution in [0.4, 0.5) is 17.1 Å². The van der Waals surface area contributed by atoms with Gasteiger partial charge in [-0.1, -0.05) is 25.1 Å². The molecule has 2 N–H and O–H groups in total. The third-order valence-corrected chi connectivity index (χ3v) is 5.80. The Balaban J connectivity index is 1.62. The fraction of sp³-hybridized carbons (Fsp3) is 0.417. The molecule has 0 unspecified atom stereocenters. The third kappa shape index (κ3) is 4.97. The van der Waals surface area contributed by atoms with Gasteiger partial charge in [0.2, 0.25) is 11.8 Å². The minimum absolute atomic E-state index is 0.330. The molecule has 2 aromatic carbocycles. The van der Waals surface area contributed by atoms with Crippen LogP contribution in [0.15, 0.2) is 48.5 Å². The minimum atomic E-state index is -1.20. The van der Waals surface area contributed by atoms with Gasteiger partial charge in [-0.2, -0.15) is 0 Å². The molecular weight excluding hydrogens is 362 g/mol. The van der Waals surface area contributed by atoms with Gasteiger partial charge >= 0.3 is 0 Å². The molecule has 0 aliphatic carbocycles. The quantitative estimate of drug-likeness (QED) is 0.715. The Labute approximate surface area is 173 Å². The minimum Gasteiger partial charge on any atom is -0.372 e. The molecule has 2 aromatic rings. The Morgan fingerprint density at radius 2 is 1.52 bits per heavy atom. The molecule has 0 spiro atoms. The molecule has 1 aliphatic heterocycles. The lowest BCUT2D eigenvalue weighted by molar-refractivity contribution is -0.135. The Morgan fingerprint density at radius 3 is 2.14 bits per heavy atom. The van der Waals surface area contributed by atoms with Crippen LogP contribution in [0, 0.1) is 18.3 Å². The highest BCUT2D eigenvalue weighted by molar-refractivity contribution is 6.14. The number of hydrogen-bond donors (Lipinski definition) is 2. The average molecular weight is 394 g/mol. The van der Waals surface area contributed by atoms with Crippen molar-refractivity contribution in [1.29, 1.82) is 0 Å². The van der Waals surface area contributed by atoms with E-state index >= 15 is 0 Å². The highest BCUT2D eigenvalue weighted by Gasteiger charge is 2.36. The number of anilines is 3. The first kappa shape index (κ1) is 20.9. The normalized spacial score (nSPS) is 15.1. The predicted molar refractivity (Wildman–Crippen MR) is 119 cm³/mol. The van der Waals surface area contributed by atoms with Gasteiger partial charge in [0.25, 0.3) is 0 Å². The Hall–Kier alpha value is -2.82. The van der Waals surface area contributed by atoms with Gasteiger partial charge in [-0.05, 0) is 75.4 Å². The monoisotopic (exact) mass is 393 g/mol. The van der Waals surface area contributed by atoms with Crippen LogP contribution in [0.5, 0.6) is 0 Å². The first-order chi connectivity index (χ1) is 13.8. The van der Waals surface area contributed by atoms with E-state index in [2.05, 4.69) is 22.5 Å². The van der Waals surface area contributed by atoms with Gasteiger partial charge in [0.05, 0.1) is 0 Å². The van der Waals surface area contributed by atoms with Crippen molar-refractivity contribution in [3.05, 3.63) is 54.1 Å². The number of carbonyl (C=O) groups is 2. The lowest BCUT2D eigenvalue weighted by atomic mass is 9.90.